The van der Waals surface area contributed by atoms with E-state index >= 15 is 0 Å². The van der Waals surface area contributed by atoms with Crippen LogP contribution in [0.4, 0.5) is 4.39 Å². The monoisotopic (exact) mass is 328 g/mol. The molecule has 0 radical (unpaired) electrons. The Balaban J connectivity index is 2.43. The van der Waals surface area contributed by atoms with E-state index < -0.39 is 11.8 Å². The Hall–Kier alpha value is -1.89. The van der Waals surface area contributed by atoms with Crippen molar-refractivity contribution in [3.63, 3.8) is 0 Å². The van der Waals surface area contributed by atoms with Crippen molar-refractivity contribution in [3.05, 3.63) is 39.7 Å². The Morgan fingerprint density at radius 3 is 2.79 bits per heavy atom. The molecule has 19 heavy (non-hydrogen) atoms. The molecule has 1 heterocycles. The smallest absolute Gasteiger partial charge is 0.343 e. The summed E-state index contributed by atoms with van der Waals surface area (Å²) in [4.78, 5) is 11.2. The summed E-state index contributed by atoms with van der Waals surface area (Å²) < 4.78 is 20.2. The molecule has 0 aliphatic heterocycles. The fraction of sp³-hybridized carbons (Fsp3) is 0.167. The van der Waals surface area contributed by atoms with Crippen LogP contribution in [0.2, 0.25) is 0 Å². The van der Waals surface area contributed by atoms with Crippen LogP contribution in [0.5, 0.6) is 11.6 Å². The molecule has 0 bridgehead atoms. The molecule has 0 unspecified atom stereocenters. The second kappa shape index (κ2) is 5.00. The zero-order valence-corrected chi connectivity index (χ0v) is 11.7. The molecule has 0 aliphatic carbocycles. The van der Waals surface area contributed by atoms with Crippen molar-refractivity contribution in [1.29, 1.82) is 0 Å². The number of ether oxygens (including phenoxy) is 1. The van der Waals surface area contributed by atoms with Gasteiger partial charge in [-0.25, -0.2) is 13.9 Å². The first-order chi connectivity index (χ1) is 8.90. The van der Waals surface area contributed by atoms with E-state index in [-0.39, 0.29) is 15.9 Å². The number of hydrogen-bond acceptors (Lipinski definition) is 3. The lowest BCUT2D eigenvalue weighted by Crippen LogP contribution is -2.02. The molecule has 7 heteroatoms. The van der Waals surface area contributed by atoms with Crippen LogP contribution < -0.4 is 4.74 Å². The highest BCUT2D eigenvalue weighted by Crippen LogP contribution is 2.29. The Morgan fingerprint density at radius 2 is 2.21 bits per heavy atom. The lowest BCUT2D eigenvalue weighted by Gasteiger charge is -2.07. The van der Waals surface area contributed by atoms with Gasteiger partial charge in [0.15, 0.2) is 0 Å². The number of rotatable bonds is 3. The summed E-state index contributed by atoms with van der Waals surface area (Å²) in [5.74, 6) is -1.13. The van der Waals surface area contributed by atoms with E-state index in [9.17, 15) is 9.18 Å². The number of benzene rings is 1. The van der Waals surface area contributed by atoms with Crippen molar-refractivity contribution >= 4 is 21.9 Å². The number of nitrogens with zero attached hydrogens (tertiary/aromatic N) is 2. The fourth-order valence-electron chi connectivity index (χ4n) is 1.65. The van der Waals surface area contributed by atoms with E-state index in [4.69, 9.17) is 9.84 Å². The van der Waals surface area contributed by atoms with Crippen LogP contribution in [0.15, 0.2) is 22.7 Å². The third-order valence-corrected chi connectivity index (χ3v) is 3.10. The van der Waals surface area contributed by atoms with Crippen LogP contribution >= 0.6 is 15.9 Å². The third kappa shape index (κ3) is 2.60. The van der Waals surface area contributed by atoms with Crippen molar-refractivity contribution in [2.24, 2.45) is 7.05 Å². The predicted molar refractivity (Wildman–Crippen MR) is 69.1 cm³/mol. The molecule has 2 rings (SSSR count). The molecular weight excluding hydrogens is 319 g/mol. The van der Waals surface area contributed by atoms with Crippen LogP contribution in [0.3, 0.4) is 0 Å². The maximum atomic E-state index is 13.1. The minimum absolute atomic E-state index is 0.0112. The van der Waals surface area contributed by atoms with Crippen molar-refractivity contribution in [2.75, 3.05) is 0 Å². The van der Waals surface area contributed by atoms with E-state index in [2.05, 4.69) is 21.0 Å². The maximum absolute atomic E-state index is 13.1. The second-order valence-electron chi connectivity index (χ2n) is 3.87. The first kappa shape index (κ1) is 13.5. The largest absolute Gasteiger partial charge is 0.477 e. The SMILES string of the molecule is Cc1nn(C)c(Oc2ccc(F)c(Br)c2)c1C(=O)O. The van der Waals surface area contributed by atoms with Gasteiger partial charge < -0.3 is 9.84 Å². The van der Waals surface area contributed by atoms with E-state index in [1.54, 1.807) is 14.0 Å². The Morgan fingerprint density at radius 1 is 1.53 bits per heavy atom. The van der Waals surface area contributed by atoms with Gasteiger partial charge in [-0.15, -0.1) is 0 Å². The number of carboxylic acid groups (broad SMARTS) is 1. The minimum Gasteiger partial charge on any atom is -0.477 e. The molecule has 1 N–H and O–H groups in total. The molecule has 5 nitrogen and oxygen atoms in total. The number of hydrogen-bond donors (Lipinski definition) is 1. The number of halogens is 2. The molecule has 2 aromatic rings. The second-order valence-corrected chi connectivity index (χ2v) is 4.73. The lowest BCUT2D eigenvalue weighted by molar-refractivity contribution is 0.0693. The molecule has 0 fully saturated rings. The highest BCUT2D eigenvalue weighted by atomic mass is 79.9. The van der Waals surface area contributed by atoms with Gasteiger partial charge in [-0.3, -0.25) is 0 Å². The number of carbonyl (C=O) groups is 1. The Bertz CT molecular complexity index is 655. The minimum atomic E-state index is -1.12. The first-order valence-electron chi connectivity index (χ1n) is 5.30. The quantitative estimate of drug-likeness (QED) is 0.940. The van der Waals surface area contributed by atoms with E-state index in [1.807, 2.05) is 0 Å². The molecular formula is C12H10BrFN2O3. The normalized spacial score (nSPS) is 10.5. The molecule has 0 aliphatic rings. The molecule has 1 aromatic heterocycles. The summed E-state index contributed by atoms with van der Waals surface area (Å²) in [5, 5.41) is 13.1. The van der Waals surface area contributed by atoms with Gasteiger partial charge in [0.05, 0.1) is 10.2 Å². The van der Waals surface area contributed by atoms with E-state index in [0.717, 1.165) is 0 Å². The molecule has 0 saturated heterocycles. The highest BCUT2D eigenvalue weighted by molar-refractivity contribution is 9.10. The third-order valence-electron chi connectivity index (χ3n) is 2.49. The zero-order chi connectivity index (χ0) is 14.2. The average Bonchev–Trinajstić information content (AvgIpc) is 2.59. The average molecular weight is 329 g/mol. The van der Waals surface area contributed by atoms with Crippen LogP contribution in [0.25, 0.3) is 0 Å². The molecule has 100 valence electrons. The molecule has 0 atom stereocenters. The van der Waals surface area contributed by atoms with Gasteiger partial charge in [0, 0.05) is 7.05 Å². The fourth-order valence-corrected chi connectivity index (χ4v) is 2.01. The molecule has 0 saturated carbocycles. The van der Waals surface area contributed by atoms with Crippen LogP contribution in [0, 0.1) is 12.7 Å². The van der Waals surface area contributed by atoms with Crippen LogP contribution in [-0.4, -0.2) is 20.9 Å². The summed E-state index contributed by atoms with van der Waals surface area (Å²) in [7, 11) is 1.58. The number of aryl methyl sites for hydroxylation is 2. The van der Waals surface area contributed by atoms with Gasteiger partial charge in [0.25, 0.3) is 0 Å². The van der Waals surface area contributed by atoms with Crippen LogP contribution in [-0.2, 0) is 7.05 Å². The van der Waals surface area contributed by atoms with Crippen LogP contribution in [0.1, 0.15) is 16.1 Å². The topological polar surface area (TPSA) is 64.4 Å². The summed E-state index contributed by atoms with van der Waals surface area (Å²) >= 11 is 3.04. The standard InChI is InChI=1S/C12H10BrFN2O3/c1-6-10(12(17)18)11(16(2)15-6)19-7-3-4-9(14)8(13)5-7/h3-5H,1-2H3,(H,17,18). The summed E-state index contributed by atoms with van der Waals surface area (Å²) in [6.07, 6.45) is 0. The van der Waals surface area contributed by atoms with Crippen molar-refractivity contribution in [3.8, 4) is 11.6 Å². The van der Waals surface area contributed by atoms with Gasteiger partial charge in [-0.2, -0.15) is 5.10 Å². The summed E-state index contributed by atoms with van der Waals surface area (Å²) in [6, 6.07) is 4.06. The predicted octanol–water partition coefficient (Wildman–Crippen LogP) is 3.12. The van der Waals surface area contributed by atoms with E-state index in [0.29, 0.717) is 11.4 Å². The van der Waals surface area contributed by atoms with Gasteiger partial charge in [0.2, 0.25) is 5.88 Å². The Labute approximate surface area is 116 Å². The zero-order valence-electron chi connectivity index (χ0n) is 10.1. The van der Waals surface area contributed by atoms with Gasteiger partial charge in [-0.1, -0.05) is 0 Å². The molecule has 0 spiro atoms. The van der Waals surface area contributed by atoms with Crippen molar-refractivity contribution < 1.29 is 19.0 Å². The van der Waals surface area contributed by atoms with Crippen molar-refractivity contribution in [2.45, 2.75) is 6.92 Å². The summed E-state index contributed by atoms with van der Waals surface area (Å²) in [6.45, 7) is 1.58. The maximum Gasteiger partial charge on any atom is 0.343 e. The highest BCUT2D eigenvalue weighted by Gasteiger charge is 2.21. The van der Waals surface area contributed by atoms with Crippen molar-refractivity contribution in [1.82, 2.24) is 9.78 Å². The summed E-state index contributed by atoms with van der Waals surface area (Å²) in [5.41, 5.74) is 0.342. The number of carboxylic acids is 1. The molecule has 1 aromatic carbocycles. The van der Waals surface area contributed by atoms with E-state index in [1.165, 1.54) is 22.9 Å². The van der Waals surface area contributed by atoms with Gasteiger partial charge in [0.1, 0.15) is 17.1 Å². The number of aromatic carboxylic acids is 1. The molecule has 0 amide bonds. The van der Waals surface area contributed by atoms with Gasteiger partial charge in [-0.05, 0) is 41.1 Å². The Kier molecular flexibility index (Phi) is 3.57. The van der Waals surface area contributed by atoms with Gasteiger partial charge >= 0.3 is 5.97 Å². The first-order valence-corrected chi connectivity index (χ1v) is 6.09. The number of aromatic nitrogens is 2. The lowest BCUT2D eigenvalue weighted by atomic mass is 10.2.